The Bertz CT molecular complexity index is 106. The van der Waals surface area contributed by atoms with Gasteiger partial charge in [0.05, 0.1) is 0 Å². The average Bonchev–Trinajstić information content (AvgIpc) is 2.17. The molecule has 1 aliphatic rings. The second-order valence-corrected chi connectivity index (χ2v) is 2.56. The van der Waals surface area contributed by atoms with Gasteiger partial charge >= 0.3 is 0 Å². The Morgan fingerprint density at radius 3 is 1.92 bits per heavy atom. The minimum absolute atomic E-state index is 1.14. The maximum Gasteiger partial charge on any atom is 0.0162 e. The largest absolute Gasteiger partial charge is 0.302 e. The Kier molecular flexibility index (Phi) is 12.7. The van der Waals surface area contributed by atoms with Crippen LogP contribution in [-0.2, 0) is 0 Å². The number of hydrogen-bond acceptors (Lipinski definition) is 1. The van der Waals surface area contributed by atoms with Crippen molar-refractivity contribution in [3.63, 3.8) is 0 Å². The molecule has 0 unspecified atom stereocenters. The van der Waals surface area contributed by atoms with Crippen LogP contribution in [0.2, 0.25) is 0 Å². The first-order chi connectivity index (χ1) is 5.79. The molecule has 74 valence electrons. The molecule has 0 aromatic heterocycles. The highest BCUT2D eigenvalue weighted by Crippen LogP contribution is 2.06. The van der Waals surface area contributed by atoms with E-state index in [-0.39, 0.29) is 0 Å². The third-order valence-corrected chi connectivity index (χ3v) is 1.64. The van der Waals surface area contributed by atoms with Gasteiger partial charge in [-0.1, -0.05) is 39.3 Å². The van der Waals surface area contributed by atoms with Gasteiger partial charge in [0.15, 0.2) is 0 Å². The number of hydrogen-bond donors (Lipinski definition) is 0. The molecule has 0 aromatic rings. The lowest BCUT2D eigenvalue weighted by Crippen LogP contribution is -2.23. The highest BCUT2D eigenvalue weighted by atomic mass is 15.1. The highest BCUT2D eigenvalue weighted by molar-refractivity contribution is 5.02. The average molecular weight is 171 g/mol. The molecule has 0 spiro atoms. The van der Waals surface area contributed by atoms with Crippen LogP contribution in [0.15, 0.2) is 11.6 Å². The first-order valence-electron chi connectivity index (χ1n) is 5.13. The van der Waals surface area contributed by atoms with Crippen LogP contribution in [0.5, 0.6) is 0 Å². The fraction of sp³-hybridized carbons (Fsp3) is 0.818. The van der Waals surface area contributed by atoms with Gasteiger partial charge in [0.1, 0.15) is 0 Å². The number of likely N-dealkylation sites (N-methyl/N-ethyl adjacent to an activating group) is 1. The third-order valence-electron chi connectivity index (χ3n) is 1.64. The van der Waals surface area contributed by atoms with Crippen molar-refractivity contribution in [3.8, 4) is 0 Å². The fourth-order valence-electron chi connectivity index (χ4n) is 0.872. The minimum atomic E-state index is 1.14. The van der Waals surface area contributed by atoms with Crippen LogP contribution >= 0.6 is 0 Å². The molecule has 1 nitrogen and oxygen atoms in total. The SMILES string of the molecule is CC.CC.CC1=CCN(C)CC1. The summed E-state index contributed by atoms with van der Waals surface area (Å²) in [5.41, 5.74) is 1.54. The quantitative estimate of drug-likeness (QED) is 0.505. The molecule has 0 amide bonds. The normalized spacial score (nSPS) is 16.3. The zero-order valence-electron chi connectivity index (χ0n) is 9.65. The molecule has 0 atom stereocenters. The van der Waals surface area contributed by atoms with Gasteiger partial charge in [-0.3, -0.25) is 0 Å². The van der Waals surface area contributed by atoms with Gasteiger partial charge in [-0.2, -0.15) is 0 Å². The molecule has 0 N–H and O–H groups in total. The fourth-order valence-corrected chi connectivity index (χ4v) is 0.872. The van der Waals surface area contributed by atoms with Gasteiger partial charge in [0.2, 0.25) is 0 Å². The van der Waals surface area contributed by atoms with Crippen molar-refractivity contribution in [3.05, 3.63) is 11.6 Å². The van der Waals surface area contributed by atoms with Gasteiger partial charge in [-0.25, -0.2) is 0 Å². The summed E-state index contributed by atoms with van der Waals surface area (Å²) in [5, 5.41) is 0. The molecular formula is C11H25N. The molecule has 0 saturated carbocycles. The van der Waals surface area contributed by atoms with Crippen LogP contribution in [0.3, 0.4) is 0 Å². The molecule has 1 heterocycles. The molecule has 0 fully saturated rings. The summed E-state index contributed by atoms with van der Waals surface area (Å²) in [5.74, 6) is 0. The lowest BCUT2D eigenvalue weighted by Gasteiger charge is -2.19. The van der Waals surface area contributed by atoms with Crippen LogP contribution in [-0.4, -0.2) is 25.0 Å². The lowest BCUT2D eigenvalue weighted by atomic mass is 10.1. The molecule has 0 aliphatic carbocycles. The summed E-state index contributed by atoms with van der Waals surface area (Å²) in [7, 11) is 2.16. The van der Waals surface area contributed by atoms with Gasteiger partial charge < -0.3 is 4.90 Å². The Morgan fingerprint density at radius 2 is 1.67 bits per heavy atom. The van der Waals surface area contributed by atoms with Crippen molar-refractivity contribution < 1.29 is 0 Å². The Morgan fingerprint density at radius 1 is 1.17 bits per heavy atom. The van der Waals surface area contributed by atoms with E-state index in [9.17, 15) is 0 Å². The van der Waals surface area contributed by atoms with Crippen molar-refractivity contribution in [1.82, 2.24) is 4.90 Å². The van der Waals surface area contributed by atoms with E-state index in [4.69, 9.17) is 0 Å². The molecule has 0 bridgehead atoms. The van der Waals surface area contributed by atoms with Gasteiger partial charge in [-0.15, -0.1) is 0 Å². The zero-order valence-corrected chi connectivity index (χ0v) is 9.65. The van der Waals surface area contributed by atoms with E-state index < -0.39 is 0 Å². The van der Waals surface area contributed by atoms with Crippen LogP contribution in [0.4, 0.5) is 0 Å². The van der Waals surface area contributed by atoms with Gasteiger partial charge in [0, 0.05) is 13.1 Å². The molecule has 12 heavy (non-hydrogen) atoms. The molecule has 1 aliphatic heterocycles. The summed E-state index contributed by atoms with van der Waals surface area (Å²) in [6, 6.07) is 0. The monoisotopic (exact) mass is 171 g/mol. The second-order valence-electron chi connectivity index (χ2n) is 2.56. The molecule has 0 aromatic carbocycles. The van der Waals surface area contributed by atoms with Crippen molar-refractivity contribution in [1.29, 1.82) is 0 Å². The molecule has 1 rings (SSSR count). The summed E-state index contributed by atoms with van der Waals surface area (Å²) in [4.78, 5) is 2.33. The van der Waals surface area contributed by atoms with E-state index in [1.54, 1.807) is 5.57 Å². The topological polar surface area (TPSA) is 3.24 Å². The lowest BCUT2D eigenvalue weighted by molar-refractivity contribution is 0.359. The van der Waals surface area contributed by atoms with Crippen LogP contribution < -0.4 is 0 Å². The van der Waals surface area contributed by atoms with Crippen LogP contribution in [0.25, 0.3) is 0 Å². The van der Waals surface area contributed by atoms with E-state index in [0.717, 1.165) is 6.54 Å². The summed E-state index contributed by atoms with van der Waals surface area (Å²) < 4.78 is 0. The molecule has 0 saturated heterocycles. The van der Waals surface area contributed by atoms with Crippen molar-refractivity contribution >= 4 is 0 Å². The zero-order chi connectivity index (χ0) is 9.98. The summed E-state index contributed by atoms with van der Waals surface area (Å²) in [6.45, 7) is 12.6. The smallest absolute Gasteiger partial charge is 0.0162 e. The molecule has 0 radical (unpaired) electrons. The Labute approximate surface area is 78.5 Å². The maximum atomic E-state index is 2.33. The predicted molar refractivity (Wildman–Crippen MR) is 58.6 cm³/mol. The van der Waals surface area contributed by atoms with E-state index in [0.29, 0.717) is 0 Å². The maximum absolute atomic E-state index is 2.33. The van der Waals surface area contributed by atoms with E-state index >= 15 is 0 Å². The molecular weight excluding hydrogens is 146 g/mol. The Hall–Kier alpha value is -0.300. The van der Waals surface area contributed by atoms with E-state index in [1.807, 2.05) is 27.7 Å². The van der Waals surface area contributed by atoms with E-state index in [1.165, 1.54) is 13.0 Å². The van der Waals surface area contributed by atoms with Crippen LogP contribution in [0.1, 0.15) is 41.0 Å². The number of nitrogens with zero attached hydrogens (tertiary/aromatic N) is 1. The standard InChI is InChI=1S/C7H13N.2C2H6/c1-7-3-5-8(2)6-4-7;2*1-2/h3H,4-6H2,1-2H3;2*1-2H3. The minimum Gasteiger partial charge on any atom is -0.302 e. The summed E-state index contributed by atoms with van der Waals surface area (Å²) in [6.07, 6.45) is 3.56. The van der Waals surface area contributed by atoms with Gasteiger partial charge in [0.25, 0.3) is 0 Å². The number of rotatable bonds is 0. The third kappa shape index (κ3) is 7.80. The van der Waals surface area contributed by atoms with Crippen molar-refractivity contribution in [2.24, 2.45) is 0 Å². The molecule has 1 heteroatoms. The second kappa shape index (κ2) is 10.7. The first-order valence-corrected chi connectivity index (χ1v) is 5.13. The predicted octanol–water partition coefficient (Wildman–Crippen LogP) is 3.32. The van der Waals surface area contributed by atoms with Crippen molar-refractivity contribution in [2.45, 2.75) is 41.0 Å². The Balaban J connectivity index is 0. The van der Waals surface area contributed by atoms with Gasteiger partial charge in [-0.05, 0) is 20.4 Å². The van der Waals surface area contributed by atoms with E-state index in [2.05, 4.69) is 24.9 Å². The summed E-state index contributed by atoms with van der Waals surface area (Å²) >= 11 is 0. The highest BCUT2D eigenvalue weighted by Gasteiger charge is 2.01. The first kappa shape index (κ1) is 14.2. The van der Waals surface area contributed by atoms with Crippen molar-refractivity contribution in [2.75, 3.05) is 20.1 Å². The van der Waals surface area contributed by atoms with Crippen LogP contribution in [0, 0.1) is 0 Å².